The van der Waals surface area contributed by atoms with Gasteiger partial charge in [-0.2, -0.15) is 0 Å². The van der Waals surface area contributed by atoms with Crippen LogP contribution in [-0.4, -0.2) is 50.9 Å². The van der Waals surface area contributed by atoms with Crippen LogP contribution in [0.15, 0.2) is 30.3 Å². The zero-order valence-corrected chi connectivity index (χ0v) is 14.8. The van der Waals surface area contributed by atoms with Crippen LogP contribution in [0, 0.1) is 0 Å². The van der Waals surface area contributed by atoms with E-state index in [4.69, 9.17) is 0 Å². The van der Waals surface area contributed by atoms with Crippen LogP contribution in [0.25, 0.3) is 0 Å². The van der Waals surface area contributed by atoms with E-state index < -0.39 is 51.9 Å². The molecule has 26 heavy (non-hydrogen) atoms. The molecule has 2 amide bonds. The highest BCUT2D eigenvalue weighted by Crippen LogP contribution is 2.50. The van der Waals surface area contributed by atoms with E-state index in [1.807, 2.05) is 0 Å². The van der Waals surface area contributed by atoms with Crippen molar-refractivity contribution in [1.29, 1.82) is 0 Å². The van der Waals surface area contributed by atoms with Crippen LogP contribution in [-0.2, 0) is 19.2 Å². The minimum atomic E-state index is -1.58. The van der Waals surface area contributed by atoms with Gasteiger partial charge in [0.1, 0.15) is 17.3 Å². The second kappa shape index (κ2) is 6.31. The fourth-order valence-electron chi connectivity index (χ4n) is 3.40. The monoisotopic (exact) mass is 376 g/mol. The fourth-order valence-corrected chi connectivity index (χ4v) is 5.02. The summed E-state index contributed by atoms with van der Waals surface area (Å²) in [5.41, 5.74) is 0.237. The van der Waals surface area contributed by atoms with Crippen molar-refractivity contribution in [2.45, 2.75) is 42.0 Å². The number of carboxylic acid groups (broad SMARTS) is 2. The first-order valence-corrected chi connectivity index (χ1v) is 8.80. The minimum absolute atomic E-state index is 0.237. The molecule has 1 aromatic carbocycles. The summed E-state index contributed by atoms with van der Waals surface area (Å²) in [6.07, 6.45) is 0. The molecule has 0 aliphatic carbocycles. The first kappa shape index (κ1) is 18.2. The number of aliphatic carboxylic acids is 2. The number of carbonyl (C=O) groups is 4. The van der Waals surface area contributed by atoms with Crippen molar-refractivity contribution >= 4 is 35.5 Å². The van der Waals surface area contributed by atoms with Crippen LogP contribution >= 0.6 is 11.8 Å². The predicted octanol–water partition coefficient (Wildman–Crippen LogP) is -2.18. The molecular weight excluding hydrogens is 360 g/mol. The summed E-state index contributed by atoms with van der Waals surface area (Å²) in [5.74, 6) is -5.94. The quantitative estimate of drug-likeness (QED) is 0.457. The largest absolute Gasteiger partial charge is 0.549 e. The van der Waals surface area contributed by atoms with Crippen molar-refractivity contribution in [3.63, 3.8) is 0 Å². The van der Waals surface area contributed by atoms with Gasteiger partial charge in [-0.1, -0.05) is 30.3 Å². The summed E-state index contributed by atoms with van der Waals surface area (Å²) in [4.78, 5) is 48.8. The van der Waals surface area contributed by atoms with Crippen LogP contribution in [0.5, 0.6) is 0 Å². The molecule has 0 bridgehead atoms. The van der Waals surface area contributed by atoms with Gasteiger partial charge in [0.25, 0.3) is 0 Å². The Bertz CT molecular complexity index is 781. The molecule has 138 valence electrons. The topological polar surface area (TPSA) is 130 Å². The Morgan fingerprint density at radius 2 is 1.81 bits per heavy atom. The first-order valence-electron chi connectivity index (χ1n) is 7.92. The number of amides is 2. The van der Waals surface area contributed by atoms with Crippen molar-refractivity contribution in [2.24, 2.45) is 0 Å². The Hall–Kier alpha value is -2.55. The number of nitrogens with zero attached hydrogens (tertiary/aromatic N) is 1. The van der Waals surface area contributed by atoms with E-state index >= 15 is 0 Å². The van der Waals surface area contributed by atoms with Gasteiger partial charge in [0.2, 0.25) is 11.8 Å². The second-order valence-corrected chi connectivity index (χ2v) is 8.50. The van der Waals surface area contributed by atoms with E-state index in [2.05, 4.69) is 5.32 Å². The van der Waals surface area contributed by atoms with Gasteiger partial charge < -0.3 is 30.0 Å². The number of thioether (sulfide) groups is 1. The third-order valence-corrected chi connectivity index (χ3v) is 6.16. The summed E-state index contributed by atoms with van der Waals surface area (Å²) in [6, 6.07) is 5.73. The summed E-state index contributed by atoms with van der Waals surface area (Å²) < 4.78 is -0.786. The molecule has 0 saturated carbocycles. The van der Waals surface area contributed by atoms with Crippen molar-refractivity contribution in [3.8, 4) is 0 Å². The molecular formula is C17H16N2O6S-2. The lowest BCUT2D eigenvalue weighted by Crippen LogP contribution is -2.72. The average molecular weight is 376 g/mol. The Morgan fingerprint density at radius 1 is 1.19 bits per heavy atom. The number of benzene rings is 1. The fraction of sp³-hybridized carbons (Fsp3) is 0.412. The average Bonchev–Trinajstić information content (AvgIpc) is 2.82. The Balaban J connectivity index is 1.78. The van der Waals surface area contributed by atoms with Gasteiger partial charge in [0.15, 0.2) is 0 Å². The number of β-lactam (4-membered cyclic amide) rings is 1. The Kier molecular flexibility index (Phi) is 4.43. The Morgan fingerprint density at radius 3 is 2.35 bits per heavy atom. The molecule has 2 aliphatic heterocycles. The molecule has 0 radical (unpaired) electrons. The lowest BCUT2D eigenvalue weighted by Gasteiger charge is -2.45. The molecule has 2 heterocycles. The lowest BCUT2D eigenvalue weighted by molar-refractivity contribution is -0.312. The molecule has 0 aromatic heterocycles. The van der Waals surface area contributed by atoms with Crippen molar-refractivity contribution in [1.82, 2.24) is 10.2 Å². The maximum absolute atomic E-state index is 12.5. The number of carbonyl (C=O) groups excluding carboxylic acids is 4. The molecule has 2 fully saturated rings. The molecule has 0 unspecified atom stereocenters. The van der Waals surface area contributed by atoms with E-state index in [1.165, 1.54) is 28.8 Å². The molecule has 1 aromatic rings. The number of nitrogens with one attached hydrogen (secondary N) is 1. The molecule has 4 atom stereocenters. The molecule has 2 aliphatic rings. The van der Waals surface area contributed by atoms with Gasteiger partial charge in [-0.3, -0.25) is 9.59 Å². The van der Waals surface area contributed by atoms with E-state index in [0.29, 0.717) is 0 Å². The highest BCUT2D eigenvalue weighted by molar-refractivity contribution is 8.01. The van der Waals surface area contributed by atoms with Crippen molar-refractivity contribution < 1.29 is 29.4 Å². The molecule has 0 spiro atoms. The molecule has 2 saturated heterocycles. The zero-order valence-electron chi connectivity index (χ0n) is 14.0. The van der Waals surface area contributed by atoms with Gasteiger partial charge in [-0.15, -0.1) is 11.8 Å². The van der Waals surface area contributed by atoms with E-state index in [-0.39, 0.29) is 5.56 Å². The van der Waals surface area contributed by atoms with Gasteiger partial charge in [-0.05, 0) is 19.4 Å². The van der Waals surface area contributed by atoms with Crippen molar-refractivity contribution in [2.75, 3.05) is 0 Å². The van der Waals surface area contributed by atoms with E-state index in [9.17, 15) is 29.4 Å². The maximum Gasteiger partial charge on any atom is 0.249 e. The summed E-state index contributed by atoms with van der Waals surface area (Å²) in [7, 11) is 0. The Labute approximate surface area is 153 Å². The highest BCUT2D eigenvalue weighted by Gasteiger charge is 2.62. The predicted molar refractivity (Wildman–Crippen MR) is 87.2 cm³/mol. The third-order valence-electron chi connectivity index (χ3n) is 4.59. The summed E-state index contributed by atoms with van der Waals surface area (Å²) in [6.45, 7) is 3.35. The van der Waals surface area contributed by atoms with E-state index in [1.54, 1.807) is 32.0 Å². The smallest absolute Gasteiger partial charge is 0.249 e. The molecule has 1 N–H and O–H groups in total. The van der Waals surface area contributed by atoms with Crippen molar-refractivity contribution in [3.05, 3.63) is 35.9 Å². The highest BCUT2D eigenvalue weighted by atomic mass is 32.2. The number of fused-ring (bicyclic) bond motifs is 1. The van der Waals surface area contributed by atoms with Crippen LogP contribution < -0.4 is 15.5 Å². The SMILES string of the molecule is CC1(C)S[C@@H]2[C@@H](NC(=O)[C@@H](C(=O)[O-])c3ccccc3)C(=O)N2[C@@H]1C(=O)[O-]. The number of rotatable bonds is 5. The second-order valence-electron chi connectivity index (χ2n) is 6.73. The van der Waals surface area contributed by atoms with Crippen LogP contribution in [0.2, 0.25) is 0 Å². The standard InChI is InChI=1S/C17H18N2O6S/c1-17(2)11(16(24)25)19-13(21)10(14(19)26-17)18-12(20)9(15(22)23)8-6-4-3-5-7-8/h3-7,9-11,14H,1-2H3,(H,18,20)(H,22,23)(H,24,25)/p-2/t9-,10-,11+,14+/m0/s1. The van der Waals surface area contributed by atoms with Crippen LogP contribution in [0.1, 0.15) is 25.3 Å². The number of carboxylic acids is 2. The molecule has 9 heteroatoms. The lowest BCUT2D eigenvalue weighted by atomic mass is 9.94. The van der Waals surface area contributed by atoms with Gasteiger partial charge >= 0.3 is 0 Å². The van der Waals surface area contributed by atoms with Crippen LogP contribution in [0.3, 0.4) is 0 Å². The minimum Gasteiger partial charge on any atom is -0.549 e. The zero-order chi connectivity index (χ0) is 19.2. The normalized spacial score (nSPS) is 27.2. The summed E-state index contributed by atoms with van der Waals surface area (Å²) >= 11 is 1.23. The maximum atomic E-state index is 12.5. The molecule has 8 nitrogen and oxygen atoms in total. The van der Waals surface area contributed by atoms with Gasteiger partial charge in [0.05, 0.1) is 18.0 Å². The number of hydrogen-bond donors (Lipinski definition) is 1. The first-order chi connectivity index (χ1) is 12.1. The van der Waals surface area contributed by atoms with E-state index in [0.717, 1.165) is 0 Å². The van der Waals surface area contributed by atoms with Gasteiger partial charge in [0, 0.05) is 4.75 Å². The van der Waals surface area contributed by atoms with Crippen LogP contribution in [0.4, 0.5) is 0 Å². The third kappa shape index (κ3) is 2.82. The number of hydrogen-bond acceptors (Lipinski definition) is 7. The molecule has 3 rings (SSSR count). The van der Waals surface area contributed by atoms with Gasteiger partial charge in [-0.25, -0.2) is 0 Å². The summed E-state index contributed by atoms with van der Waals surface area (Å²) in [5, 5.41) is 24.6.